The van der Waals surface area contributed by atoms with E-state index in [0.29, 0.717) is 41.8 Å². The lowest BCUT2D eigenvalue weighted by Gasteiger charge is -2.39. The van der Waals surface area contributed by atoms with Gasteiger partial charge in [0.15, 0.2) is 17.2 Å². The van der Waals surface area contributed by atoms with Crippen LogP contribution in [-0.2, 0) is 0 Å². The van der Waals surface area contributed by atoms with Crippen molar-refractivity contribution in [2.45, 2.75) is 44.4 Å². The Kier molecular flexibility index (Phi) is 6.44. The van der Waals surface area contributed by atoms with Gasteiger partial charge in [0.05, 0.1) is 19.0 Å². The first kappa shape index (κ1) is 23.9. The number of anilines is 4. The molecule has 0 saturated heterocycles. The first-order valence-corrected chi connectivity index (χ1v) is 12.0. The molecule has 3 heterocycles. The summed E-state index contributed by atoms with van der Waals surface area (Å²) in [5.41, 5.74) is 1.12. The van der Waals surface area contributed by atoms with E-state index in [0.717, 1.165) is 30.0 Å². The second kappa shape index (κ2) is 9.69. The van der Waals surface area contributed by atoms with Gasteiger partial charge in [0.1, 0.15) is 24.1 Å². The minimum absolute atomic E-state index is 0.206. The lowest BCUT2D eigenvalue weighted by molar-refractivity contribution is 0.0163. The van der Waals surface area contributed by atoms with E-state index in [2.05, 4.69) is 44.6 Å². The second-order valence-corrected chi connectivity index (χ2v) is 9.89. The molecule has 0 atom stereocenters. The first-order valence-electron chi connectivity index (χ1n) is 12.0. The molecule has 1 fully saturated rings. The summed E-state index contributed by atoms with van der Waals surface area (Å²) in [6, 6.07) is 9.92. The number of ether oxygens (including phenoxy) is 4. The largest absolute Gasteiger partial charge is 0.493 e. The van der Waals surface area contributed by atoms with Crippen molar-refractivity contribution in [1.82, 2.24) is 19.9 Å². The zero-order valence-corrected chi connectivity index (χ0v) is 21.2. The van der Waals surface area contributed by atoms with Crippen LogP contribution in [0, 0.1) is 0 Å². The molecule has 1 aliphatic carbocycles. The fraction of sp³-hybridized carbons (Fsp3) is 0.423. The number of rotatable bonds is 8. The highest BCUT2D eigenvalue weighted by Gasteiger charge is 2.33. The molecule has 2 aliphatic rings. The Hall–Kier alpha value is -3.79. The molecule has 0 unspecified atom stereocenters. The molecular weight excluding hydrogens is 460 g/mol. The van der Waals surface area contributed by atoms with Gasteiger partial charge in [0.2, 0.25) is 5.95 Å². The van der Waals surface area contributed by atoms with Gasteiger partial charge in [-0.15, -0.1) is 0 Å². The Morgan fingerprint density at radius 1 is 1.03 bits per heavy atom. The van der Waals surface area contributed by atoms with Crippen molar-refractivity contribution in [3.63, 3.8) is 0 Å². The number of nitrogens with zero attached hydrogens (tertiary/aromatic N) is 4. The van der Waals surface area contributed by atoms with Crippen LogP contribution in [0.5, 0.6) is 23.1 Å². The molecule has 2 N–H and O–H groups in total. The predicted molar refractivity (Wildman–Crippen MR) is 137 cm³/mol. The number of pyridine rings is 1. The van der Waals surface area contributed by atoms with Crippen LogP contribution in [-0.4, -0.2) is 65.4 Å². The fourth-order valence-corrected chi connectivity index (χ4v) is 4.07. The van der Waals surface area contributed by atoms with Gasteiger partial charge < -0.3 is 34.5 Å². The summed E-state index contributed by atoms with van der Waals surface area (Å²) in [5.74, 6) is 3.52. The molecule has 1 saturated carbocycles. The summed E-state index contributed by atoms with van der Waals surface area (Å²) in [7, 11) is 5.84. The standard InChI is InChI=1S/C26H32N6O4/c1-26(2)15-34-22-11-17(14-28-24(22)36-26)29-23-8-9-27-25(31-23)30-16-6-7-20(21(10-16)33-5)35-19-12-18(13-19)32(3)4/h6-11,14,18-19H,12-13,15H2,1-5H3,(H2,27,29,30,31). The normalized spacial score (nSPS) is 19.8. The number of methoxy groups -OCH3 is 1. The van der Waals surface area contributed by atoms with E-state index in [1.807, 2.05) is 38.1 Å². The monoisotopic (exact) mass is 492 g/mol. The number of nitrogens with one attached hydrogen (secondary N) is 2. The summed E-state index contributed by atoms with van der Waals surface area (Å²) in [5, 5.41) is 6.47. The van der Waals surface area contributed by atoms with Crippen molar-refractivity contribution in [2.75, 3.05) is 38.4 Å². The van der Waals surface area contributed by atoms with Gasteiger partial charge >= 0.3 is 0 Å². The maximum absolute atomic E-state index is 6.15. The van der Waals surface area contributed by atoms with Crippen LogP contribution in [0.1, 0.15) is 26.7 Å². The molecule has 3 aromatic rings. The summed E-state index contributed by atoms with van der Waals surface area (Å²) in [6.07, 6.45) is 5.60. The molecule has 5 rings (SSSR count). The van der Waals surface area contributed by atoms with E-state index in [4.69, 9.17) is 18.9 Å². The van der Waals surface area contributed by atoms with Crippen LogP contribution >= 0.6 is 0 Å². The Morgan fingerprint density at radius 2 is 1.86 bits per heavy atom. The zero-order chi connectivity index (χ0) is 25.3. The van der Waals surface area contributed by atoms with E-state index in [-0.39, 0.29) is 6.10 Å². The fourth-order valence-electron chi connectivity index (χ4n) is 4.07. The summed E-state index contributed by atoms with van der Waals surface area (Å²) in [4.78, 5) is 15.5. The minimum atomic E-state index is -0.401. The van der Waals surface area contributed by atoms with Gasteiger partial charge in [-0.1, -0.05) is 0 Å². The molecule has 190 valence electrons. The Balaban J connectivity index is 1.24. The minimum Gasteiger partial charge on any atom is -0.493 e. The molecule has 10 nitrogen and oxygen atoms in total. The van der Waals surface area contributed by atoms with Crippen molar-refractivity contribution in [1.29, 1.82) is 0 Å². The third kappa shape index (κ3) is 5.38. The van der Waals surface area contributed by atoms with Gasteiger partial charge in [-0.05, 0) is 59.0 Å². The van der Waals surface area contributed by atoms with Gasteiger partial charge in [0, 0.05) is 30.1 Å². The molecule has 0 radical (unpaired) electrons. The van der Waals surface area contributed by atoms with E-state index in [1.165, 1.54) is 0 Å². The summed E-state index contributed by atoms with van der Waals surface area (Å²) >= 11 is 0. The van der Waals surface area contributed by atoms with Crippen LogP contribution in [0.2, 0.25) is 0 Å². The van der Waals surface area contributed by atoms with E-state index >= 15 is 0 Å². The average molecular weight is 493 g/mol. The molecule has 0 bridgehead atoms. The summed E-state index contributed by atoms with van der Waals surface area (Å²) < 4.78 is 23.4. The predicted octanol–water partition coefficient (Wildman–Crippen LogP) is 4.39. The molecule has 36 heavy (non-hydrogen) atoms. The van der Waals surface area contributed by atoms with E-state index < -0.39 is 5.60 Å². The molecule has 1 aliphatic heterocycles. The van der Waals surface area contributed by atoms with Crippen LogP contribution in [0.15, 0.2) is 42.7 Å². The lowest BCUT2D eigenvalue weighted by Crippen LogP contribution is -2.46. The number of hydrogen-bond acceptors (Lipinski definition) is 10. The van der Waals surface area contributed by atoms with Crippen molar-refractivity contribution >= 4 is 23.1 Å². The number of benzene rings is 1. The number of fused-ring (bicyclic) bond motifs is 1. The van der Waals surface area contributed by atoms with Crippen LogP contribution < -0.4 is 29.6 Å². The second-order valence-electron chi connectivity index (χ2n) is 9.89. The molecule has 0 amide bonds. The molecule has 1 aromatic carbocycles. The summed E-state index contributed by atoms with van der Waals surface area (Å²) in [6.45, 7) is 4.38. The average Bonchev–Trinajstić information content (AvgIpc) is 2.81. The van der Waals surface area contributed by atoms with Crippen molar-refractivity contribution in [2.24, 2.45) is 0 Å². The van der Waals surface area contributed by atoms with Gasteiger partial charge in [-0.25, -0.2) is 9.97 Å². The van der Waals surface area contributed by atoms with Gasteiger partial charge in [-0.2, -0.15) is 4.98 Å². The zero-order valence-electron chi connectivity index (χ0n) is 21.2. The maximum Gasteiger partial charge on any atom is 0.257 e. The highest BCUT2D eigenvalue weighted by Crippen LogP contribution is 2.37. The molecular formula is C26H32N6O4. The van der Waals surface area contributed by atoms with Crippen LogP contribution in [0.4, 0.5) is 23.1 Å². The Bertz CT molecular complexity index is 1230. The maximum atomic E-state index is 6.15. The first-order chi connectivity index (χ1) is 17.3. The molecule has 2 aromatic heterocycles. The van der Waals surface area contributed by atoms with Gasteiger partial charge in [-0.3, -0.25) is 0 Å². The highest BCUT2D eigenvalue weighted by molar-refractivity contribution is 5.63. The third-order valence-corrected chi connectivity index (χ3v) is 6.21. The molecule has 10 heteroatoms. The van der Waals surface area contributed by atoms with Crippen molar-refractivity contribution in [3.05, 3.63) is 42.7 Å². The van der Waals surface area contributed by atoms with E-state index in [1.54, 1.807) is 25.6 Å². The smallest absolute Gasteiger partial charge is 0.257 e. The van der Waals surface area contributed by atoms with Crippen LogP contribution in [0.3, 0.4) is 0 Å². The topological polar surface area (TPSA) is 103 Å². The van der Waals surface area contributed by atoms with E-state index in [9.17, 15) is 0 Å². The van der Waals surface area contributed by atoms with Crippen molar-refractivity contribution in [3.8, 4) is 23.1 Å². The number of hydrogen-bond donors (Lipinski definition) is 2. The Morgan fingerprint density at radius 3 is 2.64 bits per heavy atom. The lowest BCUT2D eigenvalue weighted by atomic mass is 9.88. The van der Waals surface area contributed by atoms with Crippen molar-refractivity contribution < 1.29 is 18.9 Å². The number of aromatic nitrogens is 3. The third-order valence-electron chi connectivity index (χ3n) is 6.21. The quantitative estimate of drug-likeness (QED) is 0.471. The molecule has 0 spiro atoms. The highest BCUT2D eigenvalue weighted by atomic mass is 16.6. The van der Waals surface area contributed by atoms with Gasteiger partial charge in [0.25, 0.3) is 5.88 Å². The van der Waals surface area contributed by atoms with Crippen LogP contribution in [0.25, 0.3) is 0 Å². The SMILES string of the molecule is COc1cc(Nc2nccc(Nc3cnc4c(c3)OCC(C)(C)O4)n2)ccc1OC1CC(N(C)C)C1. The Labute approximate surface area is 211 Å².